The maximum absolute atomic E-state index is 14.1. The quantitative estimate of drug-likeness (QED) is 0.210. The highest BCUT2D eigenvalue weighted by Crippen LogP contribution is 2.41. The Labute approximate surface area is 273 Å². The molecule has 6 rings (SSSR count). The first-order valence-corrected chi connectivity index (χ1v) is 16.6. The van der Waals surface area contributed by atoms with E-state index in [1.807, 2.05) is 0 Å². The number of phenols is 2. The van der Waals surface area contributed by atoms with E-state index in [0.29, 0.717) is 41.6 Å². The maximum atomic E-state index is 14.1. The van der Waals surface area contributed by atoms with E-state index in [0.717, 1.165) is 51.9 Å². The second kappa shape index (κ2) is 14.1. The zero-order chi connectivity index (χ0) is 33.4. The number of ether oxygens (including phenoxy) is 2. The largest absolute Gasteiger partial charge is 0.507 e. The summed E-state index contributed by atoms with van der Waals surface area (Å²) in [6.45, 7) is 7.93. The van der Waals surface area contributed by atoms with Crippen molar-refractivity contribution in [3.63, 3.8) is 0 Å². The van der Waals surface area contributed by atoms with Gasteiger partial charge in [0.1, 0.15) is 58.9 Å². The maximum Gasteiger partial charge on any atom is 0.229 e. The van der Waals surface area contributed by atoms with Gasteiger partial charge in [0.15, 0.2) is 0 Å². The van der Waals surface area contributed by atoms with Crippen LogP contribution in [0.25, 0.3) is 22.1 Å². The van der Waals surface area contributed by atoms with Gasteiger partial charge in [0.2, 0.25) is 11.7 Å². The number of aromatic hydroxyl groups is 2. The van der Waals surface area contributed by atoms with Crippen molar-refractivity contribution >= 4 is 11.0 Å². The molecule has 7 unspecified atom stereocenters. The lowest BCUT2D eigenvalue weighted by molar-refractivity contribution is -0.277. The molecule has 12 heteroatoms. The number of hydrogen-bond acceptors (Lipinski definition) is 12. The lowest BCUT2D eigenvalue weighted by Crippen LogP contribution is -2.60. The van der Waals surface area contributed by atoms with Crippen LogP contribution in [0.3, 0.4) is 0 Å². The van der Waals surface area contributed by atoms with E-state index in [4.69, 9.17) is 13.9 Å². The second-order valence-electron chi connectivity index (χ2n) is 13.6. The van der Waals surface area contributed by atoms with E-state index in [1.54, 1.807) is 24.3 Å². The second-order valence-corrected chi connectivity index (χ2v) is 13.6. The highest BCUT2D eigenvalue weighted by atomic mass is 16.7. The Morgan fingerprint density at radius 3 is 2.06 bits per heavy atom. The average molecular weight is 655 g/mol. The third-order valence-corrected chi connectivity index (χ3v) is 9.87. The minimum Gasteiger partial charge on any atom is -0.507 e. The van der Waals surface area contributed by atoms with Crippen LogP contribution in [0.15, 0.2) is 39.7 Å². The van der Waals surface area contributed by atoms with Crippen molar-refractivity contribution < 1.29 is 44.5 Å². The number of aliphatic hydroxyl groups is 4. The number of likely N-dealkylation sites (tertiary alicyclic amines) is 2. The predicted molar refractivity (Wildman–Crippen MR) is 173 cm³/mol. The van der Waals surface area contributed by atoms with E-state index >= 15 is 0 Å². The van der Waals surface area contributed by atoms with Gasteiger partial charge in [0, 0.05) is 26.2 Å². The van der Waals surface area contributed by atoms with Crippen LogP contribution in [0.2, 0.25) is 0 Å². The van der Waals surface area contributed by atoms with Gasteiger partial charge >= 0.3 is 0 Å². The fraction of sp³-hybridized carbons (Fsp3) is 0.571. The summed E-state index contributed by atoms with van der Waals surface area (Å²) in [5, 5.41) is 63.2. The highest BCUT2D eigenvalue weighted by Gasteiger charge is 2.44. The first kappa shape index (κ1) is 33.7. The van der Waals surface area contributed by atoms with Crippen LogP contribution in [-0.4, -0.2) is 104 Å². The minimum atomic E-state index is -1.58. The van der Waals surface area contributed by atoms with Gasteiger partial charge in [-0.25, -0.2) is 0 Å². The Morgan fingerprint density at radius 1 is 0.851 bits per heavy atom. The van der Waals surface area contributed by atoms with Crippen LogP contribution in [0.4, 0.5) is 0 Å². The molecule has 0 radical (unpaired) electrons. The third kappa shape index (κ3) is 6.86. The Hall–Kier alpha value is -3.23. The Kier molecular flexibility index (Phi) is 10.1. The van der Waals surface area contributed by atoms with Crippen molar-refractivity contribution in [3.05, 3.63) is 51.9 Å². The van der Waals surface area contributed by atoms with Crippen molar-refractivity contribution in [2.24, 2.45) is 11.8 Å². The molecule has 0 amide bonds. The van der Waals surface area contributed by atoms with Gasteiger partial charge in [0.05, 0.1) is 23.3 Å². The van der Waals surface area contributed by atoms with Gasteiger partial charge < -0.3 is 44.5 Å². The number of nitrogens with zero attached hydrogens (tertiary/aromatic N) is 2. The molecule has 4 heterocycles. The van der Waals surface area contributed by atoms with Gasteiger partial charge in [0.25, 0.3) is 0 Å². The fourth-order valence-corrected chi connectivity index (χ4v) is 7.27. The van der Waals surface area contributed by atoms with Crippen molar-refractivity contribution in [1.82, 2.24) is 9.80 Å². The Bertz CT molecular complexity index is 1610. The van der Waals surface area contributed by atoms with Crippen LogP contribution in [-0.2, 0) is 17.8 Å². The third-order valence-electron chi connectivity index (χ3n) is 9.87. The zero-order valence-electron chi connectivity index (χ0n) is 26.9. The van der Waals surface area contributed by atoms with Crippen LogP contribution in [0, 0.1) is 11.8 Å². The summed E-state index contributed by atoms with van der Waals surface area (Å²) in [6, 6.07) is 6.31. The van der Waals surface area contributed by atoms with E-state index in [1.165, 1.54) is 6.26 Å². The molecular weight excluding hydrogens is 608 g/mol. The Morgan fingerprint density at radius 2 is 1.47 bits per heavy atom. The molecular formula is C35H46N2O10. The molecule has 0 bridgehead atoms. The molecule has 0 aliphatic carbocycles. The number of benzene rings is 2. The summed E-state index contributed by atoms with van der Waals surface area (Å²) in [7, 11) is 0. The fourth-order valence-electron chi connectivity index (χ4n) is 7.27. The van der Waals surface area contributed by atoms with Crippen LogP contribution >= 0.6 is 0 Å². The highest BCUT2D eigenvalue weighted by molar-refractivity contribution is 5.92. The van der Waals surface area contributed by atoms with E-state index in [9.17, 15) is 35.4 Å². The van der Waals surface area contributed by atoms with Crippen LogP contribution < -0.4 is 10.2 Å². The van der Waals surface area contributed by atoms with Crippen molar-refractivity contribution in [3.8, 4) is 28.4 Å². The minimum absolute atomic E-state index is 0.0297. The lowest BCUT2D eigenvalue weighted by atomic mass is 9.95. The van der Waals surface area contributed by atoms with Gasteiger partial charge in [-0.05, 0) is 68.3 Å². The van der Waals surface area contributed by atoms with Crippen molar-refractivity contribution in [2.45, 2.75) is 83.3 Å². The first-order chi connectivity index (χ1) is 22.5. The summed E-state index contributed by atoms with van der Waals surface area (Å²) in [5.74, 6) is 0.941. The smallest absolute Gasteiger partial charge is 0.229 e. The zero-order valence-corrected chi connectivity index (χ0v) is 26.9. The average Bonchev–Trinajstić information content (AvgIpc) is 3.05. The molecule has 12 nitrogen and oxygen atoms in total. The number of hydrogen-bond donors (Lipinski definition) is 6. The summed E-state index contributed by atoms with van der Waals surface area (Å²) in [6.07, 6.45) is -1.44. The molecule has 47 heavy (non-hydrogen) atoms. The molecule has 3 saturated heterocycles. The summed E-state index contributed by atoms with van der Waals surface area (Å²) in [4.78, 5) is 18.6. The number of phenolic OH excluding ortho intramolecular Hbond substituents is 2. The molecule has 3 aromatic rings. The van der Waals surface area contributed by atoms with Gasteiger partial charge in [-0.1, -0.05) is 26.0 Å². The summed E-state index contributed by atoms with van der Waals surface area (Å²) >= 11 is 0. The van der Waals surface area contributed by atoms with Crippen molar-refractivity contribution in [2.75, 3.05) is 32.8 Å². The monoisotopic (exact) mass is 654 g/mol. The number of piperidine rings is 2. The van der Waals surface area contributed by atoms with Crippen LogP contribution in [0.1, 0.15) is 50.7 Å². The standard InChI is InChI=1S/C35H46N2O10/c1-19-5-3-11-36(13-19)15-23-28(39)24(16-37-12-4-6-20(2)14-37)34-27(29(23)40)30(41)25(18-45-34)21-7-9-22(10-8-21)46-35-33(44)32(43)31(42)26(17-38)47-35/h7-10,18-20,26,31-33,35,38-40,42-44H,3-6,11-17H2,1-2H3. The summed E-state index contributed by atoms with van der Waals surface area (Å²) in [5.41, 5.74) is 1.25. The summed E-state index contributed by atoms with van der Waals surface area (Å²) < 4.78 is 17.2. The first-order valence-electron chi connectivity index (χ1n) is 16.6. The van der Waals surface area contributed by atoms with Crippen LogP contribution in [0.5, 0.6) is 17.2 Å². The number of aliphatic hydroxyl groups excluding tert-OH is 4. The van der Waals surface area contributed by atoms with E-state index in [2.05, 4.69) is 23.6 Å². The molecule has 0 saturated carbocycles. The molecule has 7 atom stereocenters. The molecule has 1 aromatic heterocycles. The number of rotatable bonds is 8. The normalized spacial score (nSPS) is 29.3. The molecule has 3 aliphatic rings. The molecule has 3 fully saturated rings. The number of fused-ring (bicyclic) bond motifs is 1. The van der Waals surface area contributed by atoms with Crippen molar-refractivity contribution in [1.29, 1.82) is 0 Å². The molecule has 3 aliphatic heterocycles. The SMILES string of the molecule is CC1CCCN(Cc2c(O)c(CN3CCCC(C)C3)c3occ(-c4ccc(OC5OC(CO)C(O)C(O)C5O)cc4)c(=O)c3c2O)C1. The molecule has 256 valence electrons. The van der Waals surface area contributed by atoms with E-state index in [-0.39, 0.29) is 33.8 Å². The molecule has 0 spiro atoms. The predicted octanol–water partition coefficient (Wildman–Crippen LogP) is 2.51. The van der Waals surface area contributed by atoms with Gasteiger partial charge in [-0.2, -0.15) is 0 Å². The van der Waals surface area contributed by atoms with Gasteiger partial charge in [-0.3, -0.25) is 14.6 Å². The van der Waals surface area contributed by atoms with Gasteiger partial charge in [-0.15, -0.1) is 0 Å². The Balaban J connectivity index is 1.34. The van der Waals surface area contributed by atoms with E-state index < -0.39 is 42.7 Å². The molecule has 6 N–H and O–H groups in total. The topological polar surface area (TPSA) is 177 Å². The molecule has 2 aromatic carbocycles. The lowest BCUT2D eigenvalue weighted by Gasteiger charge is -2.39.